The van der Waals surface area contributed by atoms with Crippen LogP contribution in [0.4, 0.5) is 11.5 Å². The topological polar surface area (TPSA) is 112 Å². The van der Waals surface area contributed by atoms with Gasteiger partial charge < -0.3 is 15.4 Å². The quantitative estimate of drug-likeness (QED) is 0.431. The molecule has 184 valence electrons. The van der Waals surface area contributed by atoms with Gasteiger partial charge in [0.1, 0.15) is 11.6 Å². The number of carbonyl (C=O) groups excluding carboxylic acids is 1. The molecule has 1 fully saturated rings. The second kappa shape index (κ2) is 8.67. The van der Waals surface area contributed by atoms with Gasteiger partial charge in [0, 0.05) is 42.0 Å². The van der Waals surface area contributed by atoms with E-state index in [1.165, 1.54) is 0 Å². The number of rotatable bonds is 6. The van der Waals surface area contributed by atoms with Gasteiger partial charge in [0.05, 0.1) is 41.7 Å². The van der Waals surface area contributed by atoms with Crippen LogP contribution in [-0.4, -0.2) is 30.6 Å². The zero-order valence-electron chi connectivity index (χ0n) is 20.7. The number of nitrogen functional groups attached to an aromatic ring is 1. The van der Waals surface area contributed by atoms with Crippen LogP contribution in [0.15, 0.2) is 36.8 Å². The van der Waals surface area contributed by atoms with Gasteiger partial charge in [-0.05, 0) is 50.8 Å². The minimum absolute atomic E-state index is 0.0590. The number of aryl methyl sites for hydroxylation is 2. The highest BCUT2D eigenvalue weighted by Crippen LogP contribution is 2.39. The second-order valence-corrected chi connectivity index (χ2v) is 9.64. The lowest BCUT2D eigenvalue weighted by Crippen LogP contribution is -2.31. The lowest BCUT2D eigenvalue weighted by molar-refractivity contribution is 0.0801. The van der Waals surface area contributed by atoms with Crippen LogP contribution in [0.2, 0.25) is 0 Å². The van der Waals surface area contributed by atoms with E-state index in [1.54, 1.807) is 17.3 Å². The fourth-order valence-electron chi connectivity index (χ4n) is 4.95. The lowest BCUT2D eigenvalue weighted by atomic mass is 10.0. The summed E-state index contributed by atoms with van der Waals surface area (Å²) in [7, 11) is 0. The highest BCUT2D eigenvalue weighted by Gasteiger charge is 2.28. The van der Waals surface area contributed by atoms with E-state index in [2.05, 4.69) is 26.1 Å². The molecule has 4 aromatic rings. The average Bonchev–Trinajstić information content (AvgIpc) is 3.56. The van der Waals surface area contributed by atoms with Crippen LogP contribution in [0.25, 0.3) is 10.9 Å². The van der Waals surface area contributed by atoms with Gasteiger partial charge in [-0.3, -0.25) is 9.48 Å². The van der Waals surface area contributed by atoms with Crippen molar-refractivity contribution >= 4 is 28.3 Å². The third-order valence-corrected chi connectivity index (χ3v) is 7.10. The molecule has 3 aromatic heterocycles. The van der Waals surface area contributed by atoms with Crippen LogP contribution < -0.4 is 10.6 Å². The van der Waals surface area contributed by atoms with E-state index in [-0.39, 0.29) is 12.0 Å². The minimum Gasteiger partial charge on any atom is -0.383 e. The maximum atomic E-state index is 13.8. The van der Waals surface area contributed by atoms with Crippen molar-refractivity contribution in [1.82, 2.24) is 24.7 Å². The molecule has 36 heavy (non-hydrogen) atoms. The molecule has 0 radical (unpaired) electrons. The first kappa shape index (κ1) is 22.6. The van der Waals surface area contributed by atoms with Crippen LogP contribution in [-0.2, 0) is 24.4 Å². The Bertz CT molecular complexity index is 1470. The molecule has 2 N–H and O–H groups in total. The molecule has 0 unspecified atom stereocenters. The number of hydrogen-bond donors (Lipinski definition) is 1. The van der Waals surface area contributed by atoms with Gasteiger partial charge >= 0.3 is 0 Å². The number of hydrogen-bond acceptors (Lipinski definition) is 7. The molecule has 1 atom stereocenters. The Hall–Kier alpha value is -3.85. The standard InChI is InChI=1S/C27H29N7O2/c1-4-33-13-23(15(2)32-33)34(27(35)19-10-29-26(30-11-19)18-6-7-18)12-17-5-8-20-21-14-36-16(3)24(21)25(28)31-22(20)9-17/h5,8-11,13,16,18H,4,6-7,12,14H2,1-3H3,(H2,28,31)/t16-/m1/s1. The average molecular weight is 484 g/mol. The molecule has 0 saturated heterocycles. The summed E-state index contributed by atoms with van der Waals surface area (Å²) in [6.07, 6.45) is 7.37. The van der Waals surface area contributed by atoms with E-state index in [4.69, 9.17) is 10.5 Å². The van der Waals surface area contributed by atoms with Crippen molar-refractivity contribution < 1.29 is 9.53 Å². The Morgan fingerprint density at radius 2 is 2.03 bits per heavy atom. The van der Waals surface area contributed by atoms with E-state index >= 15 is 0 Å². The number of pyridine rings is 1. The molecular formula is C27H29N7O2. The molecular weight excluding hydrogens is 454 g/mol. The molecule has 1 aliphatic carbocycles. The summed E-state index contributed by atoms with van der Waals surface area (Å²) in [6.45, 7) is 7.52. The van der Waals surface area contributed by atoms with E-state index < -0.39 is 0 Å². The fourth-order valence-corrected chi connectivity index (χ4v) is 4.95. The van der Waals surface area contributed by atoms with Crippen LogP contribution in [0.3, 0.4) is 0 Å². The molecule has 0 spiro atoms. The minimum atomic E-state index is -0.167. The van der Waals surface area contributed by atoms with Crippen molar-refractivity contribution in [2.24, 2.45) is 0 Å². The number of nitrogens with zero attached hydrogens (tertiary/aromatic N) is 6. The predicted molar refractivity (Wildman–Crippen MR) is 137 cm³/mol. The number of ether oxygens (including phenoxy) is 1. The molecule has 0 bridgehead atoms. The maximum absolute atomic E-state index is 13.8. The summed E-state index contributed by atoms with van der Waals surface area (Å²) < 4.78 is 7.64. The zero-order valence-corrected chi connectivity index (χ0v) is 20.7. The molecule has 9 nitrogen and oxygen atoms in total. The van der Waals surface area contributed by atoms with Gasteiger partial charge in [-0.1, -0.05) is 12.1 Å². The normalized spacial score (nSPS) is 16.9. The lowest BCUT2D eigenvalue weighted by Gasteiger charge is -2.22. The summed E-state index contributed by atoms with van der Waals surface area (Å²) in [5, 5.41) is 5.60. The smallest absolute Gasteiger partial charge is 0.261 e. The van der Waals surface area contributed by atoms with Crippen molar-refractivity contribution in [2.45, 2.75) is 65.3 Å². The number of fused-ring (bicyclic) bond motifs is 3. The first-order valence-electron chi connectivity index (χ1n) is 12.4. The predicted octanol–water partition coefficient (Wildman–Crippen LogP) is 4.45. The van der Waals surface area contributed by atoms with Gasteiger partial charge in [-0.15, -0.1) is 0 Å². The first-order chi connectivity index (χ1) is 17.4. The monoisotopic (exact) mass is 483 g/mol. The number of aromatic nitrogens is 5. The van der Waals surface area contributed by atoms with Crippen LogP contribution in [0, 0.1) is 6.92 Å². The zero-order chi connectivity index (χ0) is 25.0. The van der Waals surface area contributed by atoms with Crippen molar-refractivity contribution in [1.29, 1.82) is 0 Å². The van der Waals surface area contributed by atoms with Gasteiger partial charge in [0.2, 0.25) is 0 Å². The Morgan fingerprint density at radius 3 is 2.72 bits per heavy atom. The van der Waals surface area contributed by atoms with E-state index in [0.717, 1.165) is 57.6 Å². The number of amides is 1. The summed E-state index contributed by atoms with van der Waals surface area (Å²) in [5.74, 6) is 1.58. The number of nitrogens with two attached hydrogens (primary N) is 1. The number of carbonyl (C=O) groups is 1. The first-order valence-corrected chi connectivity index (χ1v) is 12.4. The van der Waals surface area contributed by atoms with Crippen LogP contribution in [0.5, 0.6) is 0 Å². The highest BCUT2D eigenvalue weighted by atomic mass is 16.5. The Labute approximate surface area is 209 Å². The highest BCUT2D eigenvalue weighted by molar-refractivity contribution is 6.06. The third-order valence-electron chi connectivity index (χ3n) is 7.10. The Morgan fingerprint density at radius 1 is 1.25 bits per heavy atom. The molecule has 9 heteroatoms. The van der Waals surface area contributed by atoms with Gasteiger partial charge in [-0.2, -0.15) is 5.10 Å². The molecule has 1 aliphatic heterocycles. The molecule has 6 rings (SSSR count). The van der Waals surface area contributed by atoms with E-state index in [9.17, 15) is 4.79 Å². The van der Waals surface area contributed by atoms with Gasteiger partial charge in [0.15, 0.2) is 0 Å². The molecule has 4 heterocycles. The van der Waals surface area contributed by atoms with Crippen molar-refractivity contribution in [3.05, 3.63) is 70.6 Å². The van der Waals surface area contributed by atoms with E-state index in [0.29, 0.717) is 37.0 Å². The van der Waals surface area contributed by atoms with E-state index in [1.807, 2.05) is 43.8 Å². The van der Waals surface area contributed by atoms with Gasteiger partial charge in [-0.25, -0.2) is 15.0 Å². The number of benzene rings is 1. The Kier molecular flexibility index (Phi) is 5.44. The summed E-state index contributed by atoms with van der Waals surface area (Å²) in [5.41, 5.74) is 12.1. The van der Waals surface area contributed by atoms with Crippen molar-refractivity contribution in [3.8, 4) is 0 Å². The Balaban J connectivity index is 1.38. The molecule has 1 saturated carbocycles. The van der Waals surface area contributed by atoms with Crippen LogP contribution >= 0.6 is 0 Å². The third kappa shape index (κ3) is 3.89. The summed E-state index contributed by atoms with van der Waals surface area (Å²) >= 11 is 0. The maximum Gasteiger partial charge on any atom is 0.261 e. The summed E-state index contributed by atoms with van der Waals surface area (Å²) in [4.78, 5) is 29.1. The SMILES string of the molecule is CCn1cc(N(Cc2ccc3c4c(c(N)nc3c2)[C@@H](C)OC4)C(=O)c2cnc(C3CC3)nc2)c(C)n1. The number of anilines is 2. The molecule has 1 amide bonds. The molecule has 2 aliphatic rings. The van der Waals surface area contributed by atoms with Gasteiger partial charge in [0.25, 0.3) is 5.91 Å². The largest absolute Gasteiger partial charge is 0.383 e. The summed E-state index contributed by atoms with van der Waals surface area (Å²) in [6, 6.07) is 6.09. The van der Waals surface area contributed by atoms with Crippen molar-refractivity contribution in [3.63, 3.8) is 0 Å². The molecule has 1 aromatic carbocycles. The van der Waals surface area contributed by atoms with Crippen LogP contribution in [0.1, 0.15) is 77.3 Å². The van der Waals surface area contributed by atoms with Crippen molar-refractivity contribution in [2.75, 3.05) is 10.6 Å². The fraction of sp³-hybridized carbons (Fsp3) is 0.370. The second-order valence-electron chi connectivity index (χ2n) is 9.64.